The molecule has 0 heterocycles. The largest absolute Gasteiger partial charge is 0.493 e. The van der Waals surface area contributed by atoms with E-state index in [1.54, 1.807) is 18.3 Å². The molecule has 9 heteroatoms. The average Bonchev–Trinajstić information content (AvgIpc) is 2.45. The zero-order valence-electron chi connectivity index (χ0n) is 12.1. The third kappa shape index (κ3) is 5.86. The predicted molar refractivity (Wildman–Crippen MR) is 90.8 cm³/mol. The zero-order chi connectivity index (χ0) is 16.5. The van der Waals surface area contributed by atoms with Gasteiger partial charge in [-0.3, -0.25) is 5.43 Å². The molecule has 0 fully saturated rings. The highest BCUT2D eigenvalue weighted by Crippen LogP contribution is 2.36. The molecule has 0 aromatic heterocycles. The zero-order valence-corrected chi connectivity index (χ0v) is 14.5. The maximum atomic E-state index is 10.6. The highest BCUT2D eigenvalue weighted by Gasteiger charge is 2.12. The molecule has 0 aliphatic rings. The summed E-state index contributed by atoms with van der Waals surface area (Å²) in [4.78, 5) is 10.6. The van der Waals surface area contributed by atoms with Crippen molar-refractivity contribution < 1.29 is 19.4 Å². The van der Waals surface area contributed by atoms with Crippen molar-refractivity contribution in [2.75, 3.05) is 20.3 Å². The van der Waals surface area contributed by atoms with Gasteiger partial charge in [0, 0.05) is 6.54 Å². The Labute approximate surface area is 141 Å². The monoisotopic (exact) mass is 389 g/mol. The van der Waals surface area contributed by atoms with E-state index in [4.69, 9.17) is 26.8 Å². The predicted octanol–water partition coefficient (Wildman–Crippen LogP) is 1.74. The Morgan fingerprint density at radius 1 is 1.55 bits per heavy atom. The molecule has 3 N–H and O–H groups in total. The van der Waals surface area contributed by atoms with Gasteiger partial charge in [0.25, 0.3) is 0 Å². The number of hydrogen-bond acceptors (Lipinski definition) is 5. The summed E-state index contributed by atoms with van der Waals surface area (Å²) in [6, 6.07) is 3.39. The van der Waals surface area contributed by atoms with Crippen LogP contribution >= 0.6 is 28.1 Å². The van der Waals surface area contributed by atoms with Crippen LogP contribution in [0.2, 0.25) is 0 Å². The molecule has 0 bridgehead atoms. The molecule has 1 aromatic carbocycles. The van der Waals surface area contributed by atoms with Crippen molar-refractivity contribution in [3.63, 3.8) is 0 Å². The highest BCUT2D eigenvalue weighted by molar-refractivity contribution is 9.10. The van der Waals surface area contributed by atoms with E-state index in [0.29, 0.717) is 27.6 Å². The molecule has 0 aliphatic heterocycles. The Kier molecular flexibility index (Phi) is 7.61. The van der Waals surface area contributed by atoms with Gasteiger partial charge in [-0.25, -0.2) is 4.79 Å². The summed E-state index contributed by atoms with van der Waals surface area (Å²) in [6.45, 7) is 2.17. The Hall–Kier alpha value is -1.87. The SMILES string of the molecule is CCNC(=S)NN=Cc1cc(Br)c(OCC(=O)O)c(OC)c1. The number of nitrogens with zero attached hydrogens (tertiary/aromatic N) is 1. The number of thiocarbonyl (C=S) groups is 1. The van der Waals surface area contributed by atoms with Crippen molar-refractivity contribution in [2.24, 2.45) is 5.10 Å². The molecule has 1 aromatic rings. The second kappa shape index (κ2) is 9.21. The summed E-state index contributed by atoms with van der Waals surface area (Å²) >= 11 is 8.29. The minimum Gasteiger partial charge on any atom is -0.493 e. The lowest BCUT2D eigenvalue weighted by Crippen LogP contribution is -2.31. The Morgan fingerprint density at radius 2 is 2.27 bits per heavy atom. The maximum absolute atomic E-state index is 10.6. The number of halogens is 1. The summed E-state index contributed by atoms with van der Waals surface area (Å²) in [5.74, 6) is -0.356. The minimum absolute atomic E-state index is 0.318. The van der Waals surface area contributed by atoms with E-state index in [2.05, 4.69) is 31.8 Å². The molecule has 0 aliphatic carbocycles. The normalized spacial score (nSPS) is 10.3. The number of hydrazone groups is 1. The first-order chi connectivity index (χ1) is 10.5. The fraction of sp³-hybridized carbons (Fsp3) is 0.308. The minimum atomic E-state index is -1.07. The van der Waals surface area contributed by atoms with E-state index < -0.39 is 12.6 Å². The van der Waals surface area contributed by atoms with Crippen LogP contribution in [0.4, 0.5) is 0 Å². The number of carbonyl (C=O) groups is 1. The first-order valence-corrected chi connectivity index (χ1v) is 7.47. The van der Waals surface area contributed by atoms with Crippen LogP contribution in [0, 0.1) is 0 Å². The number of hydrogen-bond donors (Lipinski definition) is 3. The van der Waals surface area contributed by atoms with Crippen LogP contribution in [0.15, 0.2) is 21.7 Å². The van der Waals surface area contributed by atoms with Crippen LogP contribution in [-0.4, -0.2) is 42.7 Å². The quantitative estimate of drug-likeness (QED) is 0.371. The number of methoxy groups -OCH3 is 1. The lowest BCUT2D eigenvalue weighted by Gasteiger charge is -2.12. The Balaban J connectivity index is 2.86. The summed E-state index contributed by atoms with van der Waals surface area (Å²) in [5.41, 5.74) is 3.39. The number of nitrogens with one attached hydrogen (secondary N) is 2. The Bertz CT molecular complexity index is 581. The van der Waals surface area contributed by atoms with Crippen LogP contribution in [0.5, 0.6) is 11.5 Å². The van der Waals surface area contributed by atoms with Crippen LogP contribution in [0.25, 0.3) is 0 Å². The van der Waals surface area contributed by atoms with Gasteiger partial charge in [-0.2, -0.15) is 5.10 Å². The van der Waals surface area contributed by atoms with Gasteiger partial charge in [-0.1, -0.05) is 0 Å². The molecule has 0 unspecified atom stereocenters. The van der Waals surface area contributed by atoms with Crippen molar-refractivity contribution in [2.45, 2.75) is 6.92 Å². The van der Waals surface area contributed by atoms with Gasteiger partial charge in [0.2, 0.25) is 0 Å². The van der Waals surface area contributed by atoms with Crippen LogP contribution in [0.3, 0.4) is 0 Å². The molecule has 0 atom stereocenters. The molecule has 7 nitrogen and oxygen atoms in total. The standard InChI is InChI=1S/C13H16BrN3O4S/c1-3-15-13(22)17-16-6-8-4-9(14)12(10(5-8)20-2)21-7-11(18)19/h4-6H,3,7H2,1-2H3,(H,18,19)(H2,15,17,22). The average molecular weight is 390 g/mol. The van der Waals surface area contributed by atoms with Crippen molar-refractivity contribution >= 4 is 45.4 Å². The summed E-state index contributed by atoms with van der Waals surface area (Å²) in [5, 5.41) is 16.0. The van der Waals surface area contributed by atoms with Gasteiger partial charge >= 0.3 is 5.97 Å². The van der Waals surface area contributed by atoms with Crippen molar-refractivity contribution in [3.05, 3.63) is 22.2 Å². The molecule has 0 saturated heterocycles. The molecule has 0 radical (unpaired) electrons. The van der Waals surface area contributed by atoms with E-state index in [-0.39, 0.29) is 0 Å². The van der Waals surface area contributed by atoms with Crippen LogP contribution < -0.4 is 20.2 Å². The molecule has 120 valence electrons. The number of aliphatic carboxylic acids is 1. The van der Waals surface area contributed by atoms with Gasteiger partial charge in [0.1, 0.15) is 0 Å². The van der Waals surface area contributed by atoms with Crippen molar-refractivity contribution in [3.8, 4) is 11.5 Å². The highest BCUT2D eigenvalue weighted by atomic mass is 79.9. The number of benzene rings is 1. The number of carboxylic acids is 1. The second-order valence-corrected chi connectivity index (χ2v) is 5.21. The topological polar surface area (TPSA) is 92.2 Å². The maximum Gasteiger partial charge on any atom is 0.341 e. The molecular weight excluding hydrogens is 374 g/mol. The smallest absolute Gasteiger partial charge is 0.341 e. The number of rotatable bonds is 7. The number of carboxylic acid groups (broad SMARTS) is 1. The molecule has 0 spiro atoms. The Morgan fingerprint density at radius 3 is 2.86 bits per heavy atom. The van der Waals surface area contributed by atoms with Gasteiger partial charge in [-0.15, -0.1) is 0 Å². The van der Waals surface area contributed by atoms with E-state index in [9.17, 15) is 4.79 Å². The summed E-state index contributed by atoms with van der Waals surface area (Å²) in [7, 11) is 1.47. The molecular formula is C13H16BrN3O4S. The van der Waals surface area contributed by atoms with Crippen LogP contribution in [-0.2, 0) is 4.79 Å². The van der Waals surface area contributed by atoms with E-state index >= 15 is 0 Å². The number of ether oxygens (including phenoxy) is 2. The third-order valence-electron chi connectivity index (χ3n) is 2.31. The molecule has 1 rings (SSSR count). The first kappa shape index (κ1) is 18.2. The van der Waals surface area contributed by atoms with Crippen molar-refractivity contribution in [1.29, 1.82) is 0 Å². The van der Waals surface area contributed by atoms with Crippen molar-refractivity contribution in [1.82, 2.24) is 10.7 Å². The third-order valence-corrected chi connectivity index (χ3v) is 3.13. The molecule has 22 heavy (non-hydrogen) atoms. The van der Waals surface area contributed by atoms with Gasteiger partial charge in [0.05, 0.1) is 17.8 Å². The summed E-state index contributed by atoms with van der Waals surface area (Å²) in [6.07, 6.45) is 1.55. The fourth-order valence-corrected chi connectivity index (χ4v) is 2.23. The fourth-order valence-electron chi connectivity index (χ4n) is 1.45. The lowest BCUT2D eigenvalue weighted by molar-refractivity contribution is -0.139. The van der Waals surface area contributed by atoms with Gasteiger partial charge < -0.3 is 19.9 Å². The van der Waals surface area contributed by atoms with Gasteiger partial charge in [-0.05, 0) is 52.8 Å². The van der Waals surface area contributed by atoms with Crippen LogP contribution in [0.1, 0.15) is 12.5 Å². The summed E-state index contributed by atoms with van der Waals surface area (Å²) < 4.78 is 10.9. The van der Waals surface area contributed by atoms with Gasteiger partial charge in [0.15, 0.2) is 23.2 Å². The second-order valence-electron chi connectivity index (χ2n) is 3.95. The lowest BCUT2D eigenvalue weighted by atomic mass is 10.2. The van der Waals surface area contributed by atoms with E-state index in [1.165, 1.54) is 7.11 Å². The first-order valence-electron chi connectivity index (χ1n) is 6.27. The van der Waals surface area contributed by atoms with E-state index in [0.717, 1.165) is 5.56 Å². The van der Waals surface area contributed by atoms with E-state index in [1.807, 2.05) is 6.92 Å². The molecule has 0 amide bonds. The molecule has 0 saturated carbocycles.